The average molecular weight is 259 g/mol. The molecule has 2 aromatic rings. The van der Waals surface area contributed by atoms with Crippen LogP contribution in [0.4, 0.5) is 0 Å². The average Bonchev–Trinajstić information content (AvgIpc) is 3.20. The van der Waals surface area contributed by atoms with Crippen LogP contribution in [0.2, 0.25) is 0 Å². The molecule has 1 aromatic carbocycles. The van der Waals surface area contributed by atoms with Crippen LogP contribution in [0.5, 0.6) is 0 Å². The molecule has 1 saturated carbocycles. The molecule has 3 rings (SSSR count). The number of nitrogens with one attached hydrogen (secondary N) is 2. The van der Waals surface area contributed by atoms with E-state index in [4.69, 9.17) is 4.52 Å². The van der Waals surface area contributed by atoms with Gasteiger partial charge < -0.3 is 4.52 Å². The first-order valence-corrected chi connectivity index (χ1v) is 6.16. The normalized spacial score (nSPS) is 14.3. The van der Waals surface area contributed by atoms with Crippen LogP contribution in [-0.4, -0.2) is 17.0 Å². The predicted octanol–water partition coefficient (Wildman–Crippen LogP) is 0.928. The van der Waals surface area contributed by atoms with Crippen LogP contribution in [-0.2, 0) is 16.0 Å². The number of nitrogens with zero attached hydrogens (tertiary/aromatic N) is 1. The fraction of sp³-hybridized carbons (Fsp3) is 0.308. The van der Waals surface area contributed by atoms with Gasteiger partial charge in [0.25, 0.3) is 0 Å². The second-order valence-electron chi connectivity index (χ2n) is 4.61. The van der Waals surface area contributed by atoms with Crippen LogP contribution >= 0.6 is 0 Å². The molecule has 0 bridgehead atoms. The van der Waals surface area contributed by atoms with Gasteiger partial charge in [-0.1, -0.05) is 17.3 Å². The van der Waals surface area contributed by atoms with E-state index >= 15 is 0 Å². The molecular formula is C13H13N3O3. The van der Waals surface area contributed by atoms with Crippen molar-refractivity contribution in [2.24, 2.45) is 5.92 Å². The van der Waals surface area contributed by atoms with Gasteiger partial charge >= 0.3 is 0 Å². The van der Waals surface area contributed by atoms with Crippen molar-refractivity contribution in [2.45, 2.75) is 19.3 Å². The van der Waals surface area contributed by atoms with E-state index in [2.05, 4.69) is 16.0 Å². The third-order valence-corrected chi connectivity index (χ3v) is 3.05. The summed E-state index contributed by atoms with van der Waals surface area (Å²) in [7, 11) is 0. The first-order chi connectivity index (χ1) is 9.24. The molecular weight excluding hydrogens is 246 g/mol. The summed E-state index contributed by atoms with van der Waals surface area (Å²) >= 11 is 0. The predicted molar refractivity (Wildman–Crippen MR) is 66.7 cm³/mol. The van der Waals surface area contributed by atoms with Gasteiger partial charge in [-0.25, -0.2) is 0 Å². The van der Waals surface area contributed by atoms with Gasteiger partial charge in [0.05, 0.1) is 6.42 Å². The standard InChI is InChI=1S/C13H13N3O3/c17-12(14-15-13(18)8-5-6-8)7-10-9-3-1-2-4-11(9)19-16-10/h1-4,8H,5-7H2,(H,14,17)(H,15,18). The number of rotatable bonds is 3. The zero-order valence-electron chi connectivity index (χ0n) is 10.2. The highest BCUT2D eigenvalue weighted by atomic mass is 16.5. The Morgan fingerprint density at radius 1 is 1.26 bits per heavy atom. The summed E-state index contributed by atoms with van der Waals surface area (Å²) in [4.78, 5) is 23.1. The largest absolute Gasteiger partial charge is 0.356 e. The molecule has 0 aliphatic heterocycles. The van der Waals surface area contributed by atoms with Crippen molar-refractivity contribution >= 4 is 22.8 Å². The highest BCUT2D eigenvalue weighted by molar-refractivity contribution is 5.88. The summed E-state index contributed by atoms with van der Waals surface area (Å²) in [5.41, 5.74) is 6.00. The molecule has 98 valence electrons. The molecule has 1 aliphatic rings. The Balaban J connectivity index is 1.61. The Labute approximate surface area is 109 Å². The summed E-state index contributed by atoms with van der Waals surface area (Å²) in [6.07, 6.45) is 1.87. The lowest BCUT2D eigenvalue weighted by Gasteiger charge is -2.05. The van der Waals surface area contributed by atoms with E-state index in [1.807, 2.05) is 18.2 Å². The molecule has 2 amide bonds. The fourth-order valence-corrected chi connectivity index (χ4v) is 1.84. The highest BCUT2D eigenvalue weighted by Gasteiger charge is 2.29. The first-order valence-electron chi connectivity index (χ1n) is 6.16. The Hall–Kier alpha value is -2.37. The van der Waals surface area contributed by atoms with Gasteiger partial charge in [0.1, 0.15) is 5.69 Å². The monoisotopic (exact) mass is 259 g/mol. The quantitative estimate of drug-likeness (QED) is 0.803. The second-order valence-corrected chi connectivity index (χ2v) is 4.61. The molecule has 0 spiro atoms. The molecule has 0 unspecified atom stereocenters. The third kappa shape index (κ3) is 2.57. The van der Waals surface area contributed by atoms with Crippen molar-refractivity contribution in [2.75, 3.05) is 0 Å². The van der Waals surface area contributed by atoms with Crippen molar-refractivity contribution in [3.63, 3.8) is 0 Å². The smallest absolute Gasteiger partial charge is 0.244 e. The highest BCUT2D eigenvalue weighted by Crippen LogP contribution is 2.28. The lowest BCUT2D eigenvalue weighted by Crippen LogP contribution is -2.43. The van der Waals surface area contributed by atoms with Gasteiger partial charge in [-0.05, 0) is 25.0 Å². The Kier molecular flexibility index (Phi) is 2.91. The van der Waals surface area contributed by atoms with E-state index in [9.17, 15) is 9.59 Å². The lowest BCUT2D eigenvalue weighted by molar-refractivity contribution is -0.129. The maximum absolute atomic E-state index is 11.7. The number of hydrogen-bond acceptors (Lipinski definition) is 4. The Bertz CT molecular complexity index is 631. The van der Waals surface area contributed by atoms with E-state index in [-0.39, 0.29) is 24.2 Å². The van der Waals surface area contributed by atoms with Crippen molar-refractivity contribution in [3.05, 3.63) is 30.0 Å². The summed E-state index contributed by atoms with van der Waals surface area (Å²) in [5.74, 6) is -0.375. The second kappa shape index (κ2) is 4.72. The number of benzene rings is 1. The maximum Gasteiger partial charge on any atom is 0.244 e. The zero-order chi connectivity index (χ0) is 13.2. The van der Waals surface area contributed by atoms with E-state index in [1.54, 1.807) is 6.07 Å². The minimum atomic E-state index is -0.312. The van der Waals surface area contributed by atoms with Gasteiger partial charge in [-0.2, -0.15) is 0 Å². The molecule has 1 aliphatic carbocycles. The first kappa shape index (κ1) is 11.7. The van der Waals surface area contributed by atoms with Crippen LogP contribution in [0.1, 0.15) is 18.5 Å². The molecule has 2 N–H and O–H groups in total. The molecule has 6 nitrogen and oxygen atoms in total. The van der Waals surface area contributed by atoms with E-state index in [0.29, 0.717) is 11.3 Å². The molecule has 0 atom stereocenters. The zero-order valence-corrected chi connectivity index (χ0v) is 10.2. The molecule has 1 aromatic heterocycles. The summed E-state index contributed by atoms with van der Waals surface area (Å²) in [6.45, 7) is 0. The molecule has 1 fully saturated rings. The van der Waals surface area contributed by atoms with Crippen molar-refractivity contribution in [3.8, 4) is 0 Å². The minimum Gasteiger partial charge on any atom is -0.356 e. The summed E-state index contributed by atoms with van der Waals surface area (Å²) in [5, 5.41) is 4.67. The summed E-state index contributed by atoms with van der Waals surface area (Å²) < 4.78 is 5.11. The van der Waals surface area contributed by atoms with Gasteiger partial charge in [0.2, 0.25) is 11.8 Å². The molecule has 0 saturated heterocycles. The van der Waals surface area contributed by atoms with Gasteiger partial charge in [-0.3, -0.25) is 20.4 Å². The van der Waals surface area contributed by atoms with Crippen LogP contribution in [0, 0.1) is 5.92 Å². The van der Waals surface area contributed by atoms with E-state index in [0.717, 1.165) is 18.2 Å². The Morgan fingerprint density at radius 2 is 2.05 bits per heavy atom. The molecule has 19 heavy (non-hydrogen) atoms. The summed E-state index contributed by atoms with van der Waals surface area (Å²) in [6, 6.07) is 7.33. The topological polar surface area (TPSA) is 84.2 Å². The van der Waals surface area contributed by atoms with E-state index in [1.165, 1.54) is 0 Å². The van der Waals surface area contributed by atoms with Crippen LogP contribution in [0.25, 0.3) is 11.0 Å². The van der Waals surface area contributed by atoms with Crippen molar-refractivity contribution in [1.82, 2.24) is 16.0 Å². The molecule has 0 radical (unpaired) electrons. The van der Waals surface area contributed by atoms with Crippen LogP contribution in [0.3, 0.4) is 0 Å². The Morgan fingerprint density at radius 3 is 2.84 bits per heavy atom. The molecule has 6 heteroatoms. The fourth-order valence-electron chi connectivity index (χ4n) is 1.84. The number of amides is 2. The number of fused-ring (bicyclic) bond motifs is 1. The molecule has 1 heterocycles. The van der Waals surface area contributed by atoms with Gasteiger partial charge in [-0.15, -0.1) is 0 Å². The van der Waals surface area contributed by atoms with Crippen LogP contribution in [0.15, 0.2) is 28.8 Å². The number of hydrogen-bond donors (Lipinski definition) is 2. The number of carbonyl (C=O) groups excluding carboxylic acids is 2. The van der Waals surface area contributed by atoms with Crippen molar-refractivity contribution in [1.29, 1.82) is 0 Å². The number of hydrazine groups is 1. The third-order valence-electron chi connectivity index (χ3n) is 3.05. The van der Waals surface area contributed by atoms with Crippen LogP contribution < -0.4 is 10.9 Å². The lowest BCUT2D eigenvalue weighted by atomic mass is 10.2. The number of carbonyl (C=O) groups is 2. The van der Waals surface area contributed by atoms with E-state index < -0.39 is 0 Å². The minimum absolute atomic E-state index is 0.0631. The maximum atomic E-state index is 11.7. The number of aromatic nitrogens is 1. The SMILES string of the molecule is O=C(Cc1noc2ccccc12)NNC(=O)C1CC1. The number of para-hydroxylation sites is 1. The van der Waals surface area contributed by atoms with Crippen molar-refractivity contribution < 1.29 is 14.1 Å². The van der Waals surface area contributed by atoms with Gasteiger partial charge in [0.15, 0.2) is 5.58 Å². The van der Waals surface area contributed by atoms with Gasteiger partial charge in [0, 0.05) is 11.3 Å².